The highest BCUT2D eigenvalue weighted by atomic mass is 35.5. The highest BCUT2D eigenvalue weighted by Gasteiger charge is 2.25. The van der Waals surface area contributed by atoms with Crippen LogP contribution in [-0.2, 0) is 26.1 Å². The van der Waals surface area contributed by atoms with Gasteiger partial charge in [0.25, 0.3) is 10.2 Å². The number of ether oxygens (including phenoxy) is 2. The summed E-state index contributed by atoms with van der Waals surface area (Å²) in [4.78, 5) is 0. The van der Waals surface area contributed by atoms with Crippen molar-refractivity contribution in [3.63, 3.8) is 0 Å². The molecule has 0 saturated heterocycles. The van der Waals surface area contributed by atoms with Gasteiger partial charge in [0.05, 0.1) is 13.2 Å². The van der Waals surface area contributed by atoms with Crippen LogP contribution in [0.5, 0.6) is 0 Å². The van der Waals surface area contributed by atoms with Gasteiger partial charge >= 0.3 is 0 Å². The monoisotopic (exact) mass is 393 g/mol. The Morgan fingerprint density at radius 3 is 2.48 bits per heavy atom. The van der Waals surface area contributed by atoms with E-state index in [2.05, 4.69) is 16.1 Å². The van der Waals surface area contributed by atoms with Crippen LogP contribution in [0.25, 0.3) is 0 Å². The van der Waals surface area contributed by atoms with Crippen molar-refractivity contribution in [2.45, 2.75) is 12.5 Å². The van der Waals surface area contributed by atoms with Gasteiger partial charge in [0, 0.05) is 39.9 Å². The molecular weight excluding hydrogens is 366 g/mol. The third-order valence-electron chi connectivity index (χ3n) is 4.11. The second-order valence-electron chi connectivity index (χ2n) is 5.69. The second kappa shape index (κ2) is 11.1. The van der Waals surface area contributed by atoms with E-state index in [-0.39, 0.29) is 18.4 Å². The van der Waals surface area contributed by atoms with E-state index in [9.17, 15) is 8.42 Å². The minimum atomic E-state index is -3.59. The van der Waals surface area contributed by atoms with E-state index >= 15 is 0 Å². The molecule has 1 aliphatic heterocycles. The number of nitrogens with one attached hydrogen (secondary N) is 2. The summed E-state index contributed by atoms with van der Waals surface area (Å²) in [6, 6.07) is 8.13. The predicted octanol–water partition coefficient (Wildman–Crippen LogP) is 0.724. The fourth-order valence-electron chi connectivity index (χ4n) is 2.79. The Hall–Kier alpha value is -0.740. The van der Waals surface area contributed by atoms with Gasteiger partial charge in [0.1, 0.15) is 0 Å². The highest BCUT2D eigenvalue weighted by molar-refractivity contribution is 7.87. The van der Waals surface area contributed by atoms with Crippen LogP contribution in [0, 0.1) is 0 Å². The summed E-state index contributed by atoms with van der Waals surface area (Å²) in [5.74, 6) is 0. The molecule has 0 aromatic heterocycles. The Labute approximate surface area is 156 Å². The van der Waals surface area contributed by atoms with Gasteiger partial charge in [-0.3, -0.25) is 0 Å². The third kappa shape index (κ3) is 6.49. The van der Waals surface area contributed by atoms with Gasteiger partial charge in [-0.25, -0.2) is 4.72 Å². The van der Waals surface area contributed by atoms with Crippen LogP contribution < -0.4 is 10.0 Å². The standard InChI is InChI=1S/C16H27N3O4S.ClH/c1-22-11-9-19(10-12-23-2)24(20,21)18-13-16-15-6-4-3-5-14(15)7-8-17-16;/h3-6,16-18H,7-13H2,1-2H3;1H. The maximum absolute atomic E-state index is 12.6. The van der Waals surface area contributed by atoms with Crippen molar-refractivity contribution < 1.29 is 17.9 Å². The Balaban J connectivity index is 0.00000312. The van der Waals surface area contributed by atoms with Crippen LogP contribution in [0.1, 0.15) is 17.2 Å². The zero-order valence-electron chi connectivity index (χ0n) is 14.7. The van der Waals surface area contributed by atoms with Gasteiger partial charge in [-0.05, 0) is 24.1 Å². The van der Waals surface area contributed by atoms with Gasteiger partial charge in [0.15, 0.2) is 0 Å². The van der Waals surface area contributed by atoms with Crippen LogP contribution >= 0.6 is 12.4 Å². The molecule has 0 amide bonds. The van der Waals surface area contributed by atoms with Crippen LogP contribution in [-0.4, -0.2) is 66.3 Å². The number of methoxy groups -OCH3 is 2. The molecule has 0 radical (unpaired) electrons. The molecule has 1 heterocycles. The molecule has 1 aliphatic rings. The van der Waals surface area contributed by atoms with E-state index < -0.39 is 10.2 Å². The number of fused-ring (bicyclic) bond motifs is 1. The Morgan fingerprint density at radius 2 is 1.84 bits per heavy atom. The number of benzene rings is 1. The summed E-state index contributed by atoms with van der Waals surface area (Å²) in [5.41, 5.74) is 2.43. The van der Waals surface area contributed by atoms with Gasteiger partial charge in [-0.15, -0.1) is 12.4 Å². The lowest BCUT2D eigenvalue weighted by molar-refractivity contribution is 0.149. The first-order valence-corrected chi connectivity index (χ1v) is 9.56. The minimum absolute atomic E-state index is 0. The number of rotatable bonds is 10. The summed E-state index contributed by atoms with van der Waals surface area (Å²) in [5, 5.41) is 3.38. The summed E-state index contributed by atoms with van der Waals surface area (Å²) < 4.78 is 39.2. The van der Waals surface area contributed by atoms with E-state index in [0.717, 1.165) is 18.5 Å². The number of hydrogen-bond donors (Lipinski definition) is 2. The highest BCUT2D eigenvalue weighted by Crippen LogP contribution is 2.22. The number of halogens is 1. The molecule has 2 rings (SSSR count). The van der Waals surface area contributed by atoms with Crippen molar-refractivity contribution >= 4 is 22.6 Å². The average Bonchev–Trinajstić information content (AvgIpc) is 2.60. The van der Waals surface area contributed by atoms with E-state index in [1.54, 1.807) is 14.2 Å². The molecule has 7 nitrogen and oxygen atoms in total. The van der Waals surface area contributed by atoms with E-state index in [1.807, 2.05) is 18.2 Å². The molecule has 1 unspecified atom stereocenters. The van der Waals surface area contributed by atoms with Crippen LogP contribution in [0.3, 0.4) is 0 Å². The van der Waals surface area contributed by atoms with E-state index in [4.69, 9.17) is 9.47 Å². The fourth-order valence-corrected chi connectivity index (χ4v) is 3.98. The molecule has 2 N–H and O–H groups in total. The normalized spacial score (nSPS) is 17.2. The molecule has 1 aromatic rings. The molecule has 1 atom stereocenters. The minimum Gasteiger partial charge on any atom is -0.383 e. The third-order valence-corrected chi connectivity index (χ3v) is 5.69. The zero-order chi connectivity index (χ0) is 17.4. The predicted molar refractivity (Wildman–Crippen MR) is 100 cm³/mol. The lowest BCUT2D eigenvalue weighted by Crippen LogP contribution is -2.47. The van der Waals surface area contributed by atoms with Crippen molar-refractivity contribution in [1.82, 2.24) is 14.3 Å². The molecular formula is C16H28ClN3O4S. The molecule has 0 aliphatic carbocycles. The zero-order valence-corrected chi connectivity index (χ0v) is 16.4. The van der Waals surface area contributed by atoms with E-state index in [1.165, 1.54) is 9.87 Å². The lowest BCUT2D eigenvalue weighted by Gasteiger charge is -2.28. The van der Waals surface area contributed by atoms with Gasteiger partial charge in [-0.1, -0.05) is 24.3 Å². The molecule has 0 saturated carbocycles. The molecule has 25 heavy (non-hydrogen) atoms. The quantitative estimate of drug-likeness (QED) is 0.612. The second-order valence-corrected chi connectivity index (χ2v) is 7.45. The average molecular weight is 394 g/mol. The van der Waals surface area contributed by atoms with Crippen molar-refractivity contribution in [2.24, 2.45) is 0 Å². The molecule has 9 heteroatoms. The number of hydrogen-bond acceptors (Lipinski definition) is 5. The van der Waals surface area contributed by atoms with Crippen molar-refractivity contribution in [2.75, 3.05) is 53.6 Å². The Bertz CT molecular complexity index is 607. The maximum Gasteiger partial charge on any atom is 0.279 e. The SMILES string of the molecule is COCCN(CCOC)S(=O)(=O)NCC1NCCc2ccccc21.Cl. The topological polar surface area (TPSA) is 79.9 Å². The first-order chi connectivity index (χ1) is 11.6. The summed E-state index contributed by atoms with van der Waals surface area (Å²) in [7, 11) is -0.479. The van der Waals surface area contributed by atoms with Gasteiger partial charge in [-0.2, -0.15) is 12.7 Å². The molecule has 0 fully saturated rings. The summed E-state index contributed by atoms with van der Waals surface area (Å²) >= 11 is 0. The van der Waals surface area contributed by atoms with Gasteiger partial charge in [0.2, 0.25) is 0 Å². The maximum atomic E-state index is 12.6. The van der Waals surface area contributed by atoms with Crippen LogP contribution in [0.4, 0.5) is 0 Å². The largest absolute Gasteiger partial charge is 0.383 e. The molecule has 144 valence electrons. The molecule has 0 bridgehead atoms. The van der Waals surface area contributed by atoms with Crippen molar-refractivity contribution in [3.05, 3.63) is 35.4 Å². The van der Waals surface area contributed by atoms with Crippen LogP contribution in [0.2, 0.25) is 0 Å². The Kier molecular flexibility index (Phi) is 9.88. The summed E-state index contributed by atoms with van der Waals surface area (Å²) in [6.07, 6.45) is 0.966. The number of nitrogens with zero attached hydrogens (tertiary/aromatic N) is 1. The first-order valence-electron chi connectivity index (χ1n) is 8.12. The lowest BCUT2D eigenvalue weighted by atomic mass is 9.95. The van der Waals surface area contributed by atoms with Gasteiger partial charge < -0.3 is 14.8 Å². The summed E-state index contributed by atoms with van der Waals surface area (Å²) in [6.45, 7) is 2.44. The fraction of sp³-hybridized carbons (Fsp3) is 0.625. The van der Waals surface area contributed by atoms with Crippen molar-refractivity contribution in [3.8, 4) is 0 Å². The molecule has 0 spiro atoms. The first kappa shape index (κ1) is 22.3. The smallest absolute Gasteiger partial charge is 0.279 e. The van der Waals surface area contributed by atoms with E-state index in [0.29, 0.717) is 32.8 Å². The van der Waals surface area contributed by atoms with Crippen molar-refractivity contribution in [1.29, 1.82) is 0 Å². The molecule has 1 aromatic carbocycles. The Morgan fingerprint density at radius 1 is 1.20 bits per heavy atom. The van der Waals surface area contributed by atoms with Crippen LogP contribution in [0.15, 0.2) is 24.3 Å².